The van der Waals surface area contributed by atoms with Crippen LogP contribution in [0.4, 0.5) is 10.1 Å². The zero-order chi connectivity index (χ0) is 20.5. The molecule has 2 aromatic carbocycles. The van der Waals surface area contributed by atoms with Crippen molar-refractivity contribution in [2.45, 2.75) is 11.5 Å². The van der Waals surface area contributed by atoms with Gasteiger partial charge in [0.25, 0.3) is 5.91 Å². The summed E-state index contributed by atoms with van der Waals surface area (Å²) in [4.78, 5) is 30.2. The van der Waals surface area contributed by atoms with E-state index in [4.69, 9.17) is 16.4 Å². The molecule has 0 atom stereocenters. The van der Waals surface area contributed by atoms with Gasteiger partial charge in [-0.25, -0.2) is 12.8 Å². The molecule has 0 fully saturated rings. The van der Waals surface area contributed by atoms with Crippen molar-refractivity contribution in [2.24, 2.45) is 5.16 Å². The molecule has 1 amide bonds. The fraction of sp³-hybridized carbons (Fsp3) is 0.167. The highest BCUT2D eigenvalue weighted by Crippen LogP contribution is 2.30. The van der Waals surface area contributed by atoms with E-state index in [0.29, 0.717) is 11.3 Å². The van der Waals surface area contributed by atoms with Gasteiger partial charge in [0.05, 0.1) is 10.6 Å². The maximum absolute atomic E-state index is 13.6. The molecule has 0 saturated carbocycles. The van der Waals surface area contributed by atoms with Gasteiger partial charge in [-0.05, 0) is 47.5 Å². The summed E-state index contributed by atoms with van der Waals surface area (Å²) in [5.74, 6) is -1.21. The highest BCUT2D eigenvalue weighted by Gasteiger charge is 2.36. The minimum atomic E-state index is -3.31. The quantitative estimate of drug-likeness (QED) is 0.524. The van der Waals surface area contributed by atoms with E-state index in [-0.39, 0.29) is 29.3 Å². The second-order valence-corrected chi connectivity index (χ2v) is 8.47. The zero-order valence-corrected chi connectivity index (χ0v) is 16.1. The Labute approximate surface area is 165 Å². The third-order valence-electron chi connectivity index (χ3n) is 3.97. The van der Waals surface area contributed by atoms with E-state index in [1.807, 2.05) is 0 Å². The average Bonchev–Trinajstić information content (AvgIpc) is 2.86. The van der Waals surface area contributed by atoms with E-state index < -0.39 is 26.8 Å². The van der Waals surface area contributed by atoms with Crippen molar-refractivity contribution in [1.82, 2.24) is 0 Å². The van der Waals surface area contributed by atoms with Gasteiger partial charge in [0.2, 0.25) is 5.24 Å². The van der Waals surface area contributed by atoms with Crippen LogP contribution in [0.15, 0.2) is 52.5 Å². The van der Waals surface area contributed by atoms with Gasteiger partial charge in [0.15, 0.2) is 15.5 Å². The van der Waals surface area contributed by atoms with Crippen LogP contribution >= 0.6 is 11.6 Å². The Morgan fingerprint density at radius 1 is 1.21 bits per heavy atom. The van der Waals surface area contributed by atoms with E-state index in [9.17, 15) is 22.4 Å². The second-order valence-electron chi connectivity index (χ2n) is 6.04. The van der Waals surface area contributed by atoms with Gasteiger partial charge in [-0.1, -0.05) is 17.3 Å². The summed E-state index contributed by atoms with van der Waals surface area (Å²) >= 11 is 5.38. The summed E-state index contributed by atoms with van der Waals surface area (Å²) in [6.07, 6.45) is 1.10. The summed E-state index contributed by atoms with van der Waals surface area (Å²) in [5.41, 5.74) is 0.963. The molecular formula is C18H14ClFN2O5S. The number of halogens is 2. The molecule has 1 heterocycles. The van der Waals surface area contributed by atoms with Crippen molar-refractivity contribution in [3.8, 4) is 0 Å². The lowest BCUT2D eigenvalue weighted by Gasteiger charge is -2.13. The molecule has 10 heteroatoms. The average molecular weight is 425 g/mol. The maximum atomic E-state index is 13.6. The van der Waals surface area contributed by atoms with Crippen molar-refractivity contribution in [1.29, 1.82) is 0 Å². The largest absolute Gasteiger partial charge is 0.390 e. The Morgan fingerprint density at radius 2 is 1.89 bits per heavy atom. The molecule has 7 nitrogen and oxygen atoms in total. The third kappa shape index (κ3) is 4.20. The standard InChI is InChI=1S/C18H14ClFN2O5S/c1-28(25,26)13-5-2-11(3-6-13)10-27-21-17-14-8-12(20)4-7-15(14)22(18(17)24)9-16(19)23/h2-8H,9-10H2,1H3. The van der Waals surface area contributed by atoms with Crippen LogP contribution in [0.5, 0.6) is 0 Å². The van der Waals surface area contributed by atoms with Gasteiger partial charge >= 0.3 is 0 Å². The van der Waals surface area contributed by atoms with Gasteiger partial charge in [0, 0.05) is 11.8 Å². The van der Waals surface area contributed by atoms with Crippen LogP contribution in [-0.4, -0.2) is 38.1 Å². The van der Waals surface area contributed by atoms with Crippen LogP contribution in [0.25, 0.3) is 0 Å². The lowest BCUT2D eigenvalue weighted by Crippen LogP contribution is -2.33. The number of oxime groups is 1. The lowest BCUT2D eigenvalue weighted by molar-refractivity contribution is -0.115. The molecule has 1 aliphatic rings. The molecule has 2 aromatic rings. The van der Waals surface area contributed by atoms with Gasteiger partial charge < -0.3 is 4.84 Å². The van der Waals surface area contributed by atoms with Crippen LogP contribution in [0, 0.1) is 5.82 Å². The summed E-state index contributed by atoms with van der Waals surface area (Å²) in [5, 5.41) is 3.04. The van der Waals surface area contributed by atoms with Crippen molar-refractivity contribution in [3.63, 3.8) is 0 Å². The first-order chi connectivity index (χ1) is 13.2. The van der Waals surface area contributed by atoms with Crippen molar-refractivity contribution < 1.29 is 27.2 Å². The molecule has 0 unspecified atom stereocenters. The zero-order valence-electron chi connectivity index (χ0n) is 14.6. The molecule has 0 aromatic heterocycles. The Bertz CT molecular complexity index is 1080. The smallest absolute Gasteiger partial charge is 0.281 e. The number of carbonyl (C=O) groups excluding carboxylic acids is 2. The monoisotopic (exact) mass is 424 g/mol. The third-order valence-corrected chi connectivity index (χ3v) is 5.22. The Hall–Kier alpha value is -2.78. The molecule has 0 bridgehead atoms. The predicted octanol–water partition coefficient (Wildman–Crippen LogP) is 2.26. The summed E-state index contributed by atoms with van der Waals surface area (Å²) in [6.45, 7) is -0.426. The SMILES string of the molecule is CS(=O)(=O)c1ccc(CON=C2C(=O)N(CC(=O)Cl)c3ccc(F)cc32)cc1. The van der Waals surface area contributed by atoms with Gasteiger partial charge in [0.1, 0.15) is 19.0 Å². The van der Waals surface area contributed by atoms with Crippen LogP contribution < -0.4 is 4.90 Å². The van der Waals surface area contributed by atoms with E-state index in [1.165, 1.54) is 18.2 Å². The first-order valence-corrected chi connectivity index (χ1v) is 10.2. The number of anilines is 1. The molecule has 0 spiro atoms. The normalized spacial score (nSPS) is 15.0. The molecule has 3 rings (SSSR count). The van der Waals surface area contributed by atoms with Crippen LogP contribution in [0.1, 0.15) is 11.1 Å². The minimum Gasteiger partial charge on any atom is -0.390 e. The number of benzene rings is 2. The van der Waals surface area contributed by atoms with E-state index in [1.54, 1.807) is 12.1 Å². The van der Waals surface area contributed by atoms with Crippen molar-refractivity contribution >= 4 is 44.0 Å². The van der Waals surface area contributed by atoms with Gasteiger partial charge in [-0.15, -0.1) is 0 Å². The number of carbonyl (C=O) groups is 2. The topological polar surface area (TPSA) is 93.1 Å². The summed E-state index contributed by atoms with van der Waals surface area (Å²) < 4.78 is 36.5. The number of nitrogens with zero attached hydrogens (tertiary/aromatic N) is 2. The molecule has 0 radical (unpaired) electrons. The Morgan fingerprint density at radius 3 is 2.50 bits per heavy atom. The molecule has 0 saturated heterocycles. The summed E-state index contributed by atoms with van der Waals surface area (Å²) in [6, 6.07) is 9.60. The van der Waals surface area contributed by atoms with Crippen LogP contribution in [-0.2, 0) is 30.9 Å². The Balaban J connectivity index is 1.81. The molecular weight excluding hydrogens is 411 g/mol. The second kappa shape index (κ2) is 7.69. The number of hydrogen-bond donors (Lipinski definition) is 0. The fourth-order valence-corrected chi connectivity index (χ4v) is 3.41. The molecule has 1 aliphatic heterocycles. The Kier molecular flexibility index (Phi) is 5.48. The van der Waals surface area contributed by atoms with Crippen molar-refractivity contribution in [3.05, 3.63) is 59.4 Å². The summed E-state index contributed by atoms with van der Waals surface area (Å²) in [7, 11) is -3.31. The van der Waals surface area contributed by atoms with Gasteiger partial charge in [-0.2, -0.15) is 0 Å². The molecule has 146 valence electrons. The van der Waals surface area contributed by atoms with E-state index in [2.05, 4.69) is 5.16 Å². The number of sulfone groups is 1. The number of fused-ring (bicyclic) bond motifs is 1. The van der Waals surface area contributed by atoms with E-state index >= 15 is 0 Å². The molecule has 0 aliphatic carbocycles. The predicted molar refractivity (Wildman–Crippen MR) is 100 cm³/mol. The first-order valence-electron chi connectivity index (χ1n) is 7.96. The molecule has 28 heavy (non-hydrogen) atoms. The number of rotatable bonds is 6. The van der Waals surface area contributed by atoms with Gasteiger partial charge in [-0.3, -0.25) is 14.5 Å². The maximum Gasteiger partial charge on any atom is 0.281 e. The minimum absolute atomic E-state index is 0.0418. The first kappa shape index (κ1) is 20.0. The molecule has 0 N–H and O–H groups in total. The van der Waals surface area contributed by atoms with Crippen molar-refractivity contribution in [2.75, 3.05) is 17.7 Å². The highest BCUT2D eigenvalue weighted by molar-refractivity contribution is 7.90. The number of hydrogen-bond acceptors (Lipinski definition) is 6. The highest BCUT2D eigenvalue weighted by atomic mass is 35.5. The lowest BCUT2D eigenvalue weighted by atomic mass is 10.1. The van der Waals surface area contributed by atoms with Crippen LogP contribution in [0.3, 0.4) is 0 Å². The number of amides is 1. The fourth-order valence-electron chi connectivity index (χ4n) is 2.66. The van der Waals surface area contributed by atoms with E-state index in [0.717, 1.165) is 23.3 Å². The van der Waals surface area contributed by atoms with Crippen LogP contribution in [0.2, 0.25) is 0 Å².